The van der Waals surface area contributed by atoms with Gasteiger partial charge < -0.3 is 24.4 Å². The standard InChI is InChI=1S/C30H37N5O4/c1-8-34(9-2)19-12-10-18(11-13-19)28-32-29-31-21-16-30(3,4)17-22(36)26(21)27(35(29)33-28)20-14-24(38-6)25(39-7)15-23(20)37-5/h10-15,27H,8-9,16-17H2,1-7H3,(H,31,32,33). The summed E-state index contributed by atoms with van der Waals surface area (Å²) in [6, 6.07) is 11.4. The molecule has 0 saturated carbocycles. The maximum Gasteiger partial charge on any atom is 0.226 e. The van der Waals surface area contributed by atoms with Gasteiger partial charge in [-0.2, -0.15) is 4.98 Å². The first kappa shape index (κ1) is 26.6. The van der Waals surface area contributed by atoms with Gasteiger partial charge in [0.05, 0.1) is 21.3 Å². The number of hydrogen-bond acceptors (Lipinski definition) is 8. The predicted molar refractivity (Wildman–Crippen MR) is 152 cm³/mol. The summed E-state index contributed by atoms with van der Waals surface area (Å²) in [4.78, 5) is 20.9. The molecule has 1 aliphatic heterocycles. The van der Waals surface area contributed by atoms with Crippen LogP contribution in [-0.2, 0) is 4.79 Å². The molecule has 2 aliphatic rings. The molecule has 1 aromatic heterocycles. The number of hydrogen-bond donors (Lipinski definition) is 1. The average molecular weight is 532 g/mol. The van der Waals surface area contributed by atoms with Gasteiger partial charge in [0.1, 0.15) is 11.8 Å². The Balaban J connectivity index is 1.67. The van der Waals surface area contributed by atoms with Crippen LogP contribution in [0.5, 0.6) is 17.2 Å². The highest BCUT2D eigenvalue weighted by Gasteiger charge is 2.43. The molecule has 1 aliphatic carbocycles. The predicted octanol–water partition coefficient (Wildman–Crippen LogP) is 5.48. The molecule has 0 radical (unpaired) electrons. The van der Waals surface area contributed by atoms with Crippen LogP contribution in [0.1, 0.15) is 52.1 Å². The van der Waals surface area contributed by atoms with Crippen LogP contribution in [0.3, 0.4) is 0 Å². The molecular weight excluding hydrogens is 494 g/mol. The number of methoxy groups -OCH3 is 3. The highest BCUT2D eigenvalue weighted by Crippen LogP contribution is 2.49. The number of fused-ring (bicyclic) bond motifs is 1. The zero-order valence-corrected chi connectivity index (χ0v) is 23.8. The quantitative estimate of drug-likeness (QED) is 0.409. The largest absolute Gasteiger partial charge is 0.496 e. The lowest BCUT2D eigenvalue weighted by Gasteiger charge is -2.38. The number of allylic oxidation sites excluding steroid dienone is 2. The number of ketones is 1. The van der Waals surface area contributed by atoms with E-state index in [1.807, 2.05) is 18.2 Å². The third-order valence-electron chi connectivity index (χ3n) is 7.62. The van der Waals surface area contributed by atoms with Crippen LogP contribution >= 0.6 is 0 Å². The first-order valence-corrected chi connectivity index (χ1v) is 13.4. The number of anilines is 2. The van der Waals surface area contributed by atoms with E-state index in [0.29, 0.717) is 41.0 Å². The highest BCUT2D eigenvalue weighted by atomic mass is 16.5. The van der Waals surface area contributed by atoms with Crippen molar-refractivity contribution in [1.29, 1.82) is 0 Å². The number of nitrogens with zero attached hydrogens (tertiary/aromatic N) is 4. The van der Waals surface area contributed by atoms with E-state index < -0.39 is 6.04 Å². The van der Waals surface area contributed by atoms with Crippen LogP contribution in [0.4, 0.5) is 11.6 Å². The molecule has 0 bridgehead atoms. The van der Waals surface area contributed by atoms with Crippen LogP contribution in [0.25, 0.3) is 11.4 Å². The van der Waals surface area contributed by atoms with Crippen LogP contribution in [0, 0.1) is 5.41 Å². The molecule has 1 unspecified atom stereocenters. The normalized spacial score (nSPS) is 17.7. The number of aromatic nitrogens is 3. The molecule has 1 atom stereocenters. The Morgan fingerprint density at radius 3 is 2.23 bits per heavy atom. The third kappa shape index (κ3) is 4.70. The molecule has 5 rings (SSSR count). The lowest BCUT2D eigenvalue weighted by Crippen LogP contribution is -2.36. The van der Waals surface area contributed by atoms with Crippen LogP contribution < -0.4 is 24.4 Å². The van der Waals surface area contributed by atoms with Gasteiger partial charge in [-0.25, -0.2) is 4.68 Å². The maximum absolute atomic E-state index is 13.7. The number of carbonyl (C=O) groups is 1. The summed E-state index contributed by atoms with van der Waals surface area (Å²) >= 11 is 0. The van der Waals surface area contributed by atoms with Gasteiger partial charge >= 0.3 is 0 Å². The van der Waals surface area contributed by atoms with Crippen LogP contribution in [0.2, 0.25) is 0 Å². The average Bonchev–Trinajstić information content (AvgIpc) is 3.35. The van der Waals surface area contributed by atoms with Crippen molar-refractivity contribution in [3.63, 3.8) is 0 Å². The molecule has 39 heavy (non-hydrogen) atoms. The van der Waals surface area contributed by atoms with Crippen molar-refractivity contribution in [2.45, 2.75) is 46.6 Å². The van der Waals surface area contributed by atoms with Gasteiger partial charge in [0, 0.05) is 53.7 Å². The molecule has 2 aromatic carbocycles. The van der Waals surface area contributed by atoms with Gasteiger partial charge in [-0.05, 0) is 56.0 Å². The molecule has 9 nitrogen and oxygen atoms in total. The van der Waals surface area contributed by atoms with E-state index >= 15 is 0 Å². The Kier molecular flexibility index (Phi) is 7.01. The zero-order valence-electron chi connectivity index (χ0n) is 23.8. The SMILES string of the molecule is CCN(CC)c1ccc(-c2nc3n(n2)C(c2cc(OC)c(OC)cc2OC)C2=C(CC(C)(C)CC2=O)N3)cc1. The summed E-state index contributed by atoms with van der Waals surface area (Å²) in [6.45, 7) is 10.4. The minimum atomic E-state index is -0.536. The van der Waals surface area contributed by atoms with Crippen molar-refractivity contribution in [2.24, 2.45) is 5.41 Å². The molecule has 0 saturated heterocycles. The van der Waals surface area contributed by atoms with E-state index in [4.69, 9.17) is 24.3 Å². The van der Waals surface area contributed by atoms with Crippen molar-refractivity contribution in [2.75, 3.05) is 44.6 Å². The second-order valence-corrected chi connectivity index (χ2v) is 10.7. The van der Waals surface area contributed by atoms with E-state index in [-0.39, 0.29) is 11.2 Å². The summed E-state index contributed by atoms with van der Waals surface area (Å²) in [5.41, 5.74) is 4.20. The lowest BCUT2D eigenvalue weighted by atomic mass is 9.73. The molecule has 206 valence electrons. The summed E-state index contributed by atoms with van der Waals surface area (Å²) in [5, 5.41) is 8.40. The smallest absolute Gasteiger partial charge is 0.226 e. The van der Waals surface area contributed by atoms with Crippen molar-refractivity contribution in [3.8, 4) is 28.6 Å². The highest BCUT2D eigenvalue weighted by molar-refractivity contribution is 6.00. The van der Waals surface area contributed by atoms with E-state index in [9.17, 15) is 4.79 Å². The second kappa shape index (κ2) is 10.3. The van der Waals surface area contributed by atoms with Crippen molar-refractivity contribution < 1.29 is 19.0 Å². The Labute approximate surface area is 229 Å². The lowest BCUT2D eigenvalue weighted by molar-refractivity contribution is -0.118. The number of Topliss-reactive ketones (excluding diaryl/α,β-unsaturated/α-hetero) is 1. The first-order chi connectivity index (χ1) is 18.7. The number of ether oxygens (including phenoxy) is 3. The Morgan fingerprint density at radius 1 is 0.974 bits per heavy atom. The van der Waals surface area contributed by atoms with Crippen molar-refractivity contribution in [1.82, 2.24) is 14.8 Å². The van der Waals surface area contributed by atoms with E-state index in [1.54, 1.807) is 32.1 Å². The van der Waals surface area contributed by atoms with Gasteiger partial charge in [0.25, 0.3) is 0 Å². The van der Waals surface area contributed by atoms with Crippen molar-refractivity contribution >= 4 is 17.4 Å². The van der Waals surface area contributed by atoms with Gasteiger partial charge in [-0.15, -0.1) is 5.10 Å². The van der Waals surface area contributed by atoms with Gasteiger partial charge in [0.15, 0.2) is 23.1 Å². The number of benzene rings is 2. The monoisotopic (exact) mass is 531 g/mol. The molecule has 3 aromatic rings. The zero-order chi connectivity index (χ0) is 27.9. The molecule has 0 fully saturated rings. The van der Waals surface area contributed by atoms with Crippen LogP contribution in [0.15, 0.2) is 47.7 Å². The van der Waals surface area contributed by atoms with Gasteiger partial charge in [-0.3, -0.25) is 4.79 Å². The Morgan fingerprint density at radius 2 is 1.62 bits per heavy atom. The fourth-order valence-electron chi connectivity index (χ4n) is 5.70. The summed E-state index contributed by atoms with van der Waals surface area (Å²) in [5.74, 6) is 2.93. The minimum Gasteiger partial charge on any atom is -0.496 e. The molecular formula is C30H37N5O4. The maximum atomic E-state index is 13.7. The molecule has 0 amide bonds. The fourth-order valence-corrected chi connectivity index (χ4v) is 5.70. The number of rotatable bonds is 8. The summed E-state index contributed by atoms with van der Waals surface area (Å²) in [7, 11) is 4.79. The summed E-state index contributed by atoms with van der Waals surface area (Å²) in [6.07, 6.45) is 1.17. The Bertz CT molecular complexity index is 1420. The van der Waals surface area contributed by atoms with Crippen molar-refractivity contribution in [3.05, 3.63) is 53.2 Å². The summed E-state index contributed by atoms with van der Waals surface area (Å²) < 4.78 is 18.7. The topological polar surface area (TPSA) is 90.7 Å². The molecule has 9 heteroatoms. The molecule has 1 N–H and O–H groups in total. The van der Waals surface area contributed by atoms with Gasteiger partial charge in [-0.1, -0.05) is 13.8 Å². The van der Waals surface area contributed by atoms with Crippen LogP contribution in [-0.4, -0.2) is 55.0 Å². The molecule has 2 heterocycles. The third-order valence-corrected chi connectivity index (χ3v) is 7.62. The minimum absolute atomic E-state index is 0.0851. The second-order valence-electron chi connectivity index (χ2n) is 10.7. The number of carbonyl (C=O) groups excluding carboxylic acids is 1. The van der Waals surface area contributed by atoms with E-state index in [2.05, 4.69) is 50.0 Å². The van der Waals surface area contributed by atoms with E-state index in [1.165, 1.54) is 0 Å². The molecule has 0 spiro atoms. The van der Waals surface area contributed by atoms with E-state index in [0.717, 1.165) is 42.0 Å². The number of nitrogens with one attached hydrogen (secondary N) is 1. The van der Waals surface area contributed by atoms with Gasteiger partial charge in [0.2, 0.25) is 5.95 Å². The Hall–Kier alpha value is -4.01. The fraction of sp³-hybridized carbons (Fsp3) is 0.433. The first-order valence-electron chi connectivity index (χ1n) is 13.4.